The third-order valence-corrected chi connectivity index (χ3v) is 1.89. The van der Waals surface area contributed by atoms with Crippen LogP contribution in [0, 0.1) is 11.3 Å². The quantitative estimate of drug-likeness (QED) is 0.600. The van der Waals surface area contributed by atoms with E-state index in [2.05, 4.69) is 11.4 Å². The second kappa shape index (κ2) is 3.16. The summed E-state index contributed by atoms with van der Waals surface area (Å²) in [5.74, 6) is 0. The predicted molar refractivity (Wildman–Crippen MR) is 51.3 cm³/mol. The Bertz CT molecular complexity index is 412. The van der Waals surface area contributed by atoms with Gasteiger partial charge in [0.1, 0.15) is 11.8 Å². The van der Waals surface area contributed by atoms with Gasteiger partial charge >= 0.3 is 0 Å². The van der Waals surface area contributed by atoms with Gasteiger partial charge in [-0.1, -0.05) is 30.4 Å². The first kappa shape index (κ1) is 7.63. The maximum atomic E-state index is 8.68. The number of rotatable bonds is 0. The molecule has 13 heavy (non-hydrogen) atoms. The molecule has 1 heterocycles. The Morgan fingerprint density at radius 3 is 2.85 bits per heavy atom. The number of nitrogens with zero attached hydrogens (tertiary/aromatic N) is 1. The molecule has 62 valence electrons. The lowest BCUT2D eigenvalue weighted by atomic mass is 10.1. The van der Waals surface area contributed by atoms with E-state index in [0.29, 0.717) is 5.70 Å². The topological polar surface area (TPSA) is 35.8 Å². The maximum Gasteiger partial charge on any atom is 0.118 e. The zero-order valence-electron chi connectivity index (χ0n) is 6.99. The second-order valence-corrected chi connectivity index (χ2v) is 2.76. The van der Waals surface area contributed by atoms with Crippen molar-refractivity contribution in [2.75, 3.05) is 0 Å². The highest BCUT2D eigenvalue weighted by Crippen LogP contribution is 2.17. The molecule has 0 atom stereocenters. The van der Waals surface area contributed by atoms with Crippen LogP contribution in [0.4, 0.5) is 0 Å². The van der Waals surface area contributed by atoms with Crippen LogP contribution in [0.1, 0.15) is 0 Å². The molecule has 0 bridgehead atoms. The molecule has 0 saturated heterocycles. The van der Waals surface area contributed by atoms with E-state index in [4.69, 9.17) is 5.26 Å². The Kier molecular flexibility index (Phi) is 1.85. The summed E-state index contributed by atoms with van der Waals surface area (Å²) in [4.78, 5) is 0. The van der Waals surface area contributed by atoms with Crippen molar-refractivity contribution >= 4 is 0 Å². The van der Waals surface area contributed by atoms with Crippen molar-refractivity contribution in [3.8, 4) is 6.07 Å². The van der Waals surface area contributed by atoms with Crippen molar-refractivity contribution in [2.45, 2.75) is 0 Å². The van der Waals surface area contributed by atoms with Gasteiger partial charge in [0, 0.05) is 5.70 Å². The van der Waals surface area contributed by atoms with E-state index in [1.165, 1.54) is 0 Å². The normalized spacial score (nSPS) is 18.5. The van der Waals surface area contributed by atoms with Gasteiger partial charge in [-0.15, -0.1) is 0 Å². The standard InChI is InChI=1S/C11H8N2/c12-8-10-7-6-9-4-2-1-3-5-11(9)13-10/h1-7,13H. The molecule has 0 saturated carbocycles. The van der Waals surface area contributed by atoms with Gasteiger partial charge in [-0.2, -0.15) is 5.26 Å². The molecule has 0 aromatic carbocycles. The summed E-state index contributed by atoms with van der Waals surface area (Å²) in [5, 5.41) is 11.7. The molecule has 0 amide bonds. The van der Waals surface area contributed by atoms with Gasteiger partial charge in [-0.25, -0.2) is 0 Å². The molecule has 0 aromatic rings. The van der Waals surface area contributed by atoms with Gasteiger partial charge in [0.2, 0.25) is 0 Å². The van der Waals surface area contributed by atoms with Crippen molar-refractivity contribution in [3.05, 3.63) is 59.5 Å². The number of hydrogen-bond donors (Lipinski definition) is 1. The fourth-order valence-corrected chi connectivity index (χ4v) is 1.25. The van der Waals surface area contributed by atoms with Gasteiger partial charge in [-0.3, -0.25) is 0 Å². The summed E-state index contributed by atoms with van der Waals surface area (Å²) in [5.41, 5.74) is 2.66. The molecule has 0 aromatic heterocycles. The van der Waals surface area contributed by atoms with Crippen LogP contribution in [-0.4, -0.2) is 0 Å². The summed E-state index contributed by atoms with van der Waals surface area (Å²) < 4.78 is 0. The van der Waals surface area contributed by atoms with Crippen LogP contribution >= 0.6 is 0 Å². The molecule has 2 nitrogen and oxygen atoms in total. The first-order valence-corrected chi connectivity index (χ1v) is 4.04. The molecule has 2 rings (SSSR count). The summed E-state index contributed by atoms with van der Waals surface area (Å²) >= 11 is 0. The zero-order chi connectivity index (χ0) is 9.10. The molecule has 2 heteroatoms. The van der Waals surface area contributed by atoms with E-state index in [1.54, 1.807) is 6.08 Å². The summed E-state index contributed by atoms with van der Waals surface area (Å²) in [7, 11) is 0. The SMILES string of the molecule is N#CC1=CC=C2C=CC=CC=C2N1. The van der Waals surface area contributed by atoms with Crippen LogP contribution in [0.2, 0.25) is 0 Å². The molecule has 1 aliphatic carbocycles. The minimum Gasteiger partial charge on any atom is -0.346 e. The zero-order valence-corrected chi connectivity index (χ0v) is 6.99. The average molecular weight is 168 g/mol. The Morgan fingerprint density at radius 2 is 2.00 bits per heavy atom. The minimum atomic E-state index is 0.582. The molecule has 0 fully saturated rings. The molecule has 0 radical (unpaired) electrons. The Hall–Kier alpha value is -2.01. The molecule has 0 spiro atoms. The highest BCUT2D eigenvalue weighted by molar-refractivity contribution is 5.51. The molecule has 1 N–H and O–H groups in total. The lowest BCUT2D eigenvalue weighted by Gasteiger charge is -2.13. The van der Waals surface area contributed by atoms with E-state index in [-0.39, 0.29) is 0 Å². The lowest BCUT2D eigenvalue weighted by Crippen LogP contribution is -2.15. The van der Waals surface area contributed by atoms with Crippen LogP contribution < -0.4 is 5.32 Å². The van der Waals surface area contributed by atoms with Crippen molar-refractivity contribution in [3.63, 3.8) is 0 Å². The highest BCUT2D eigenvalue weighted by Gasteiger charge is 2.08. The third-order valence-electron chi connectivity index (χ3n) is 1.89. The van der Waals surface area contributed by atoms with Gasteiger partial charge in [0.05, 0.1) is 0 Å². The van der Waals surface area contributed by atoms with Crippen LogP contribution in [0.5, 0.6) is 0 Å². The monoisotopic (exact) mass is 168 g/mol. The van der Waals surface area contributed by atoms with Gasteiger partial charge in [0.15, 0.2) is 0 Å². The fraction of sp³-hybridized carbons (Fsp3) is 0. The highest BCUT2D eigenvalue weighted by atomic mass is 14.9. The number of allylic oxidation sites excluding steroid dienone is 8. The minimum absolute atomic E-state index is 0.582. The largest absolute Gasteiger partial charge is 0.346 e. The summed E-state index contributed by atoms with van der Waals surface area (Å²) in [6.45, 7) is 0. The number of fused-ring (bicyclic) bond motifs is 1. The lowest BCUT2D eigenvalue weighted by molar-refractivity contribution is 1.01. The Labute approximate surface area is 76.9 Å². The van der Waals surface area contributed by atoms with Crippen LogP contribution in [-0.2, 0) is 0 Å². The second-order valence-electron chi connectivity index (χ2n) is 2.76. The molecule has 0 unspecified atom stereocenters. The summed E-state index contributed by atoms with van der Waals surface area (Å²) in [6, 6.07) is 2.07. The number of nitrogens with one attached hydrogen (secondary N) is 1. The van der Waals surface area contributed by atoms with Crippen molar-refractivity contribution in [1.82, 2.24) is 5.32 Å². The average Bonchev–Trinajstić information content (AvgIpc) is 2.41. The predicted octanol–water partition coefficient (Wildman–Crippen LogP) is 1.93. The van der Waals surface area contributed by atoms with Crippen LogP contribution in [0.25, 0.3) is 0 Å². The van der Waals surface area contributed by atoms with E-state index in [1.807, 2.05) is 36.5 Å². The molecule has 2 aliphatic rings. The smallest absolute Gasteiger partial charge is 0.118 e. The summed E-state index contributed by atoms with van der Waals surface area (Å²) in [6.07, 6.45) is 13.6. The number of nitriles is 1. The first-order chi connectivity index (χ1) is 6.40. The molecular formula is C11H8N2. The number of dihydropyridines is 1. The maximum absolute atomic E-state index is 8.68. The Morgan fingerprint density at radius 1 is 1.08 bits per heavy atom. The van der Waals surface area contributed by atoms with Crippen LogP contribution in [0.3, 0.4) is 0 Å². The van der Waals surface area contributed by atoms with E-state index >= 15 is 0 Å². The van der Waals surface area contributed by atoms with Crippen LogP contribution in [0.15, 0.2) is 59.5 Å². The van der Waals surface area contributed by atoms with E-state index in [0.717, 1.165) is 11.3 Å². The van der Waals surface area contributed by atoms with Gasteiger partial charge < -0.3 is 5.32 Å². The molecule has 1 aliphatic heterocycles. The van der Waals surface area contributed by atoms with Gasteiger partial charge in [0.25, 0.3) is 0 Å². The van der Waals surface area contributed by atoms with Crippen molar-refractivity contribution < 1.29 is 0 Å². The first-order valence-electron chi connectivity index (χ1n) is 4.04. The Balaban J connectivity index is 2.42. The van der Waals surface area contributed by atoms with Crippen molar-refractivity contribution in [1.29, 1.82) is 5.26 Å². The van der Waals surface area contributed by atoms with Gasteiger partial charge in [-0.05, 0) is 17.7 Å². The molecular weight excluding hydrogens is 160 g/mol. The van der Waals surface area contributed by atoms with Crippen molar-refractivity contribution in [2.24, 2.45) is 0 Å². The number of hydrogen-bond acceptors (Lipinski definition) is 2. The van der Waals surface area contributed by atoms with E-state index < -0.39 is 0 Å². The fourth-order valence-electron chi connectivity index (χ4n) is 1.25. The van der Waals surface area contributed by atoms with E-state index in [9.17, 15) is 0 Å². The third kappa shape index (κ3) is 1.45.